The summed E-state index contributed by atoms with van der Waals surface area (Å²) < 4.78 is 11.1. The number of methoxy groups -OCH3 is 1. The van der Waals surface area contributed by atoms with Crippen molar-refractivity contribution in [3.8, 4) is 5.75 Å². The number of aliphatic carboxylic acids is 1. The number of morpholine rings is 1. The van der Waals surface area contributed by atoms with Gasteiger partial charge in [-0.15, -0.1) is 0 Å². The first-order valence-electron chi connectivity index (χ1n) is 7.85. The van der Waals surface area contributed by atoms with Crippen LogP contribution in [-0.2, 0) is 16.1 Å². The maximum atomic E-state index is 10.7. The first kappa shape index (κ1) is 17.7. The Balaban J connectivity index is 1.89. The third-order valence-corrected chi connectivity index (χ3v) is 4.02. The van der Waals surface area contributed by atoms with Gasteiger partial charge < -0.3 is 14.6 Å². The van der Waals surface area contributed by atoms with E-state index in [-0.39, 0.29) is 12.6 Å². The molecule has 6 nitrogen and oxygen atoms in total. The number of benzene rings is 1. The highest BCUT2D eigenvalue weighted by molar-refractivity contribution is 5.69. The highest BCUT2D eigenvalue weighted by Crippen LogP contribution is 2.20. The van der Waals surface area contributed by atoms with Crippen LogP contribution in [0.4, 0.5) is 0 Å². The van der Waals surface area contributed by atoms with Crippen LogP contribution in [0.3, 0.4) is 0 Å². The largest absolute Gasteiger partial charge is 0.496 e. The Kier molecular flexibility index (Phi) is 6.38. The number of carboxylic acids is 1. The van der Waals surface area contributed by atoms with Crippen LogP contribution in [-0.4, -0.2) is 73.9 Å². The lowest BCUT2D eigenvalue weighted by Crippen LogP contribution is -2.47. The van der Waals surface area contributed by atoms with Crippen molar-refractivity contribution in [2.45, 2.75) is 19.6 Å². The van der Waals surface area contributed by atoms with Gasteiger partial charge in [0.15, 0.2) is 0 Å². The molecule has 128 valence electrons. The molecule has 1 aliphatic rings. The molecule has 0 amide bonds. The van der Waals surface area contributed by atoms with Crippen molar-refractivity contribution in [1.82, 2.24) is 9.80 Å². The second kappa shape index (κ2) is 8.29. The molecule has 23 heavy (non-hydrogen) atoms. The van der Waals surface area contributed by atoms with Crippen molar-refractivity contribution in [2.24, 2.45) is 0 Å². The van der Waals surface area contributed by atoms with E-state index < -0.39 is 5.97 Å². The molecule has 1 aromatic carbocycles. The molecule has 1 saturated heterocycles. The maximum Gasteiger partial charge on any atom is 0.317 e. The van der Waals surface area contributed by atoms with Gasteiger partial charge in [-0.25, -0.2) is 0 Å². The van der Waals surface area contributed by atoms with E-state index in [9.17, 15) is 4.79 Å². The van der Waals surface area contributed by atoms with E-state index in [4.69, 9.17) is 14.6 Å². The summed E-state index contributed by atoms with van der Waals surface area (Å²) in [5.74, 6) is 0.0976. The lowest BCUT2D eigenvalue weighted by atomic mass is 10.1. The molecule has 0 aliphatic carbocycles. The smallest absolute Gasteiger partial charge is 0.317 e. The van der Waals surface area contributed by atoms with E-state index in [1.807, 2.05) is 6.92 Å². The Morgan fingerprint density at radius 2 is 2.30 bits per heavy atom. The average Bonchev–Trinajstić information content (AvgIpc) is 2.48. The minimum Gasteiger partial charge on any atom is -0.496 e. The van der Waals surface area contributed by atoms with Crippen LogP contribution in [0.2, 0.25) is 0 Å². The van der Waals surface area contributed by atoms with E-state index in [1.165, 1.54) is 5.56 Å². The molecule has 1 aliphatic heterocycles. The minimum atomic E-state index is -0.813. The predicted molar refractivity (Wildman–Crippen MR) is 87.9 cm³/mol. The zero-order chi connectivity index (χ0) is 16.8. The number of carbonyl (C=O) groups is 1. The maximum absolute atomic E-state index is 10.7. The number of rotatable bonds is 7. The molecule has 0 spiro atoms. The molecule has 1 unspecified atom stereocenters. The van der Waals surface area contributed by atoms with Gasteiger partial charge >= 0.3 is 5.97 Å². The third-order valence-electron chi connectivity index (χ3n) is 4.02. The average molecular weight is 322 g/mol. The fourth-order valence-corrected chi connectivity index (χ4v) is 2.90. The molecule has 1 fully saturated rings. The number of hydrogen-bond acceptors (Lipinski definition) is 5. The lowest BCUT2D eigenvalue weighted by Gasteiger charge is -2.34. The molecule has 0 aromatic heterocycles. The van der Waals surface area contributed by atoms with Gasteiger partial charge in [-0.3, -0.25) is 14.6 Å². The van der Waals surface area contributed by atoms with E-state index >= 15 is 0 Å². The summed E-state index contributed by atoms with van der Waals surface area (Å²) in [6, 6.07) is 6.28. The number of hydrogen-bond donors (Lipinski definition) is 1. The number of nitrogens with zero attached hydrogens (tertiary/aromatic N) is 2. The number of carboxylic acid groups (broad SMARTS) is 1. The molecule has 2 rings (SSSR count). The fraction of sp³-hybridized carbons (Fsp3) is 0.588. The summed E-state index contributed by atoms with van der Waals surface area (Å²) in [4.78, 5) is 14.9. The Labute approximate surface area is 137 Å². The van der Waals surface area contributed by atoms with Crippen molar-refractivity contribution in [2.75, 3.05) is 46.9 Å². The van der Waals surface area contributed by atoms with Crippen LogP contribution in [0, 0.1) is 6.92 Å². The molecule has 0 saturated carbocycles. The molecular weight excluding hydrogens is 296 g/mol. The second-order valence-electron chi connectivity index (χ2n) is 6.12. The molecule has 6 heteroatoms. The normalized spacial score (nSPS) is 19.0. The summed E-state index contributed by atoms with van der Waals surface area (Å²) in [6.45, 7) is 5.91. The minimum absolute atomic E-state index is 0.0367. The topological polar surface area (TPSA) is 62.2 Å². The van der Waals surface area contributed by atoms with Gasteiger partial charge in [0.05, 0.1) is 26.4 Å². The standard InChI is InChI=1S/C17H26N2O4/c1-13-4-5-14(8-16(13)22-3)9-19-6-7-23-15(11-19)10-18(2)12-17(20)21/h4-5,8,15H,6-7,9-12H2,1-3H3,(H,20,21). The number of aryl methyl sites for hydroxylation is 1. The number of ether oxygens (including phenoxy) is 2. The predicted octanol–water partition coefficient (Wildman–Crippen LogP) is 1.22. The zero-order valence-electron chi connectivity index (χ0n) is 14.1. The zero-order valence-corrected chi connectivity index (χ0v) is 14.1. The van der Waals surface area contributed by atoms with Crippen molar-refractivity contribution in [1.29, 1.82) is 0 Å². The van der Waals surface area contributed by atoms with E-state index in [0.29, 0.717) is 13.2 Å². The van der Waals surface area contributed by atoms with Crippen LogP contribution in [0.5, 0.6) is 5.75 Å². The van der Waals surface area contributed by atoms with Crippen LogP contribution in [0.25, 0.3) is 0 Å². The van der Waals surface area contributed by atoms with E-state index in [0.717, 1.165) is 30.9 Å². The lowest BCUT2D eigenvalue weighted by molar-refractivity contribution is -0.138. The van der Waals surface area contributed by atoms with E-state index in [1.54, 1.807) is 19.1 Å². The van der Waals surface area contributed by atoms with Crippen LogP contribution < -0.4 is 4.74 Å². The second-order valence-corrected chi connectivity index (χ2v) is 6.12. The van der Waals surface area contributed by atoms with Crippen LogP contribution >= 0.6 is 0 Å². The van der Waals surface area contributed by atoms with Crippen molar-refractivity contribution in [3.05, 3.63) is 29.3 Å². The number of likely N-dealkylation sites (N-methyl/N-ethyl adjacent to an activating group) is 1. The molecule has 1 heterocycles. The Morgan fingerprint density at radius 3 is 3.00 bits per heavy atom. The summed E-state index contributed by atoms with van der Waals surface area (Å²) >= 11 is 0. The van der Waals surface area contributed by atoms with Gasteiger partial charge in [-0.05, 0) is 31.2 Å². The summed E-state index contributed by atoms with van der Waals surface area (Å²) in [7, 11) is 3.50. The van der Waals surface area contributed by atoms with Crippen LogP contribution in [0.15, 0.2) is 18.2 Å². The summed E-state index contributed by atoms with van der Waals surface area (Å²) in [5.41, 5.74) is 2.35. The quantitative estimate of drug-likeness (QED) is 0.814. The molecule has 1 atom stereocenters. The highest BCUT2D eigenvalue weighted by atomic mass is 16.5. The van der Waals surface area contributed by atoms with Gasteiger partial charge in [0.25, 0.3) is 0 Å². The summed E-state index contributed by atoms with van der Waals surface area (Å²) in [5, 5.41) is 8.83. The Bertz CT molecular complexity index is 535. The van der Waals surface area contributed by atoms with Crippen molar-refractivity contribution < 1.29 is 19.4 Å². The van der Waals surface area contributed by atoms with Gasteiger partial charge in [0, 0.05) is 26.2 Å². The SMILES string of the molecule is COc1cc(CN2CCOC(CN(C)CC(=O)O)C2)ccc1C. The van der Waals surface area contributed by atoms with Gasteiger partial charge in [-0.2, -0.15) is 0 Å². The van der Waals surface area contributed by atoms with Crippen molar-refractivity contribution in [3.63, 3.8) is 0 Å². The monoisotopic (exact) mass is 322 g/mol. The third kappa shape index (κ3) is 5.49. The molecule has 0 radical (unpaired) electrons. The van der Waals surface area contributed by atoms with E-state index in [2.05, 4.69) is 23.1 Å². The molecule has 1 N–H and O–H groups in total. The Morgan fingerprint density at radius 1 is 1.52 bits per heavy atom. The molecular formula is C17H26N2O4. The van der Waals surface area contributed by atoms with Gasteiger partial charge in [0.1, 0.15) is 5.75 Å². The van der Waals surface area contributed by atoms with Crippen LogP contribution in [0.1, 0.15) is 11.1 Å². The van der Waals surface area contributed by atoms with Crippen molar-refractivity contribution >= 4 is 5.97 Å². The molecule has 0 bridgehead atoms. The highest BCUT2D eigenvalue weighted by Gasteiger charge is 2.22. The van der Waals surface area contributed by atoms with Gasteiger partial charge in [-0.1, -0.05) is 12.1 Å². The summed E-state index contributed by atoms with van der Waals surface area (Å²) in [6.07, 6.45) is 0.0421. The molecule has 1 aromatic rings. The fourth-order valence-electron chi connectivity index (χ4n) is 2.90. The first-order chi connectivity index (χ1) is 11.0. The first-order valence-corrected chi connectivity index (χ1v) is 7.85. The Hall–Kier alpha value is -1.63. The van der Waals surface area contributed by atoms with Gasteiger partial charge in [0.2, 0.25) is 0 Å².